The summed E-state index contributed by atoms with van der Waals surface area (Å²) in [5.74, 6) is 0.735. The Morgan fingerprint density at radius 2 is 2.00 bits per heavy atom. The van der Waals surface area contributed by atoms with Gasteiger partial charge in [0.05, 0.1) is 18.2 Å². The highest BCUT2D eigenvalue weighted by atomic mass is 16.5. The molecule has 1 atom stereocenters. The molecular formula is C17H27N3O2. The van der Waals surface area contributed by atoms with E-state index in [9.17, 15) is 5.11 Å². The minimum Gasteiger partial charge on any atom is -0.388 e. The van der Waals surface area contributed by atoms with Crippen LogP contribution in [0.4, 0.5) is 0 Å². The number of benzene rings is 1. The fraction of sp³-hybridized carbons (Fsp3) is 0.588. The average molecular weight is 305 g/mol. The first kappa shape index (κ1) is 16.8. The Morgan fingerprint density at radius 3 is 2.64 bits per heavy atom. The Kier molecular flexibility index (Phi) is 6.21. The highest BCUT2D eigenvalue weighted by Gasteiger charge is 2.29. The number of nitrogens with zero attached hydrogens (tertiary/aromatic N) is 1. The second kappa shape index (κ2) is 8.15. The van der Waals surface area contributed by atoms with Gasteiger partial charge in [-0.25, -0.2) is 0 Å². The monoisotopic (exact) mass is 305 g/mol. The highest BCUT2D eigenvalue weighted by Crippen LogP contribution is 2.20. The van der Waals surface area contributed by atoms with Crippen LogP contribution in [0, 0.1) is 0 Å². The fourth-order valence-corrected chi connectivity index (χ4v) is 2.49. The number of nitrogens with one attached hydrogen (secondary N) is 2. The van der Waals surface area contributed by atoms with Gasteiger partial charge in [0.2, 0.25) is 0 Å². The number of guanidine groups is 1. The molecule has 1 saturated heterocycles. The molecule has 0 aromatic heterocycles. The molecule has 1 aliphatic heterocycles. The van der Waals surface area contributed by atoms with Gasteiger partial charge in [-0.05, 0) is 19.4 Å². The Balaban J connectivity index is 1.97. The van der Waals surface area contributed by atoms with Crippen LogP contribution in [0.3, 0.4) is 0 Å². The topological polar surface area (TPSA) is 65.9 Å². The van der Waals surface area contributed by atoms with Crippen molar-refractivity contribution in [3.63, 3.8) is 0 Å². The molecule has 0 radical (unpaired) electrons. The molecule has 5 nitrogen and oxygen atoms in total. The van der Waals surface area contributed by atoms with Crippen LogP contribution in [-0.4, -0.2) is 43.0 Å². The Bertz CT molecular complexity index is 470. The third kappa shape index (κ3) is 5.00. The van der Waals surface area contributed by atoms with E-state index < -0.39 is 5.60 Å². The van der Waals surface area contributed by atoms with Crippen molar-refractivity contribution in [1.29, 1.82) is 0 Å². The molecule has 1 heterocycles. The van der Waals surface area contributed by atoms with Crippen molar-refractivity contribution in [2.24, 2.45) is 4.99 Å². The van der Waals surface area contributed by atoms with Crippen LogP contribution in [0.1, 0.15) is 38.3 Å². The number of hydrogen-bond acceptors (Lipinski definition) is 3. The van der Waals surface area contributed by atoms with Crippen LogP contribution in [0.15, 0.2) is 35.3 Å². The Hall–Kier alpha value is -1.59. The fourth-order valence-electron chi connectivity index (χ4n) is 2.49. The standard InChI is InChI=1S/C17H27N3O2/c1-3-18-16(19-13-17(21)9-11-22-12-10-17)20-14(2)15-7-5-4-6-8-15/h4-8,14,21H,3,9-13H2,1-2H3,(H2,18,19,20). The lowest BCUT2D eigenvalue weighted by Gasteiger charge is -2.30. The summed E-state index contributed by atoms with van der Waals surface area (Å²) in [6.07, 6.45) is 1.29. The van der Waals surface area contributed by atoms with Gasteiger partial charge in [0.1, 0.15) is 0 Å². The molecule has 0 saturated carbocycles. The van der Waals surface area contributed by atoms with E-state index in [-0.39, 0.29) is 6.04 Å². The van der Waals surface area contributed by atoms with Crippen molar-refractivity contribution in [3.05, 3.63) is 35.9 Å². The lowest BCUT2D eigenvalue weighted by Crippen LogP contribution is -2.43. The molecule has 0 amide bonds. The van der Waals surface area contributed by atoms with Crippen LogP contribution in [0.25, 0.3) is 0 Å². The van der Waals surface area contributed by atoms with Crippen LogP contribution in [-0.2, 0) is 4.74 Å². The molecule has 2 rings (SSSR count). The maximum atomic E-state index is 10.5. The van der Waals surface area contributed by atoms with Gasteiger partial charge in [-0.15, -0.1) is 0 Å². The van der Waals surface area contributed by atoms with Crippen molar-refractivity contribution in [2.75, 3.05) is 26.3 Å². The first-order valence-electron chi connectivity index (χ1n) is 8.03. The summed E-state index contributed by atoms with van der Waals surface area (Å²) in [6, 6.07) is 10.4. The van der Waals surface area contributed by atoms with Crippen LogP contribution < -0.4 is 10.6 Å². The molecule has 1 unspecified atom stereocenters. The Labute approximate surface area is 132 Å². The summed E-state index contributed by atoms with van der Waals surface area (Å²) in [7, 11) is 0. The smallest absolute Gasteiger partial charge is 0.191 e. The van der Waals surface area contributed by atoms with Gasteiger partial charge in [-0.3, -0.25) is 4.99 Å². The van der Waals surface area contributed by atoms with E-state index in [4.69, 9.17) is 4.74 Å². The minimum atomic E-state index is -0.739. The summed E-state index contributed by atoms with van der Waals surface area (Å²) in [5.41, 5.74) is 0.467. The van der Waals surface area contributed by atoms with E-state index in [2.05, 4.69) is 34.7 Å². The summed E-state index contributed by atoms with van der Waals surface area (Å²) in [5, 5.41) is 17.1. The number of rotatable bonds is 5. The molecule has 5 heteroatoms. The van der Waals surface area contributed by atoms with E-state index >= 15 is 0 Å². The zero-order valence-corrected chi connectivity index (χ0v) is 13.5. The quantitative estimate of drug-likeness (QED) is 0.574. The predicted octanol–water partition coefficient (Wildman–Crippen LogP) is 1.84. The average Bonchev–Trinajstić information content (AvgIpc) is 2.54. The lowest BCUT2D eigenvalue weighted by molar-refractivity contribution is -0.0566. The number of aliphatic imine (C=N–C) groups is 1. The zero-order valence-electron chi connectivity index (χ0n) is 13.5. The van der Waals surface area contributed by atoms with E-state index in [1.54, 1.807) is 0 Å². The van der Waals surface area contributed by atoms with E-state index in [0.29, 0.717) is 32.6 Å². The second-order valence-corrected chi connectivity index (χ2v) is 5.81. The molecule has 0 spiro atoms. The molecule has 0 aliphatic carbocycles. The first-order valence-corrected chi connectivity index (χ1v) is 8.03. The van der Waals surface area contributed by atoms with Crippen molar-refractivity contribution < 1.29 is 9.84 Å². The molecule has 122 valence electrons. The predicted molar refractivity (Wildman–Crippen MR) is 89.0 cm³/mol. The summed E-state index contributed by atoms with van der Waals surface area (Å²) < 4.78 is 5.30. The van der Waals surface area contributed by atoms with Crippen molar-refractivity contribution in [2.45, 2.75) is 38.3 Å². The van der Waals surface area contributed by atoms with Crippen LogP contribution in [0.5, 0.6) is 0 Å². The minimum absolute atomic E-state index is 0.156. The van der Waals surface area contributed by atoms with Crippen molar-refractivity contribution in [1.82, 2.24) is 10.6 Å². The van der Waals surface area contributed by atoms with Crippen molar-refractivity contribution in [3.8, 4) is 0 Å². The summed E-state index contributed by atoms with van der Waals surface area (Å²) in [6.45, 7) is 6.54. The second-order valence-electron chi connectivity index (χ2n) is 5.81. The largest absolute Gasteiger partial charge is 0.388 e. The number of hydrogen-bond donors (Lipinski definition) is 3. The van der Waals surface area contributed by atoms with E-state index in [1.165, 1.54) is 5.56 Å². The third-order valence-corrected chi connectivity index (χ3v) is 3.95. The molecule has 3 N–H and O–H groups in total. The first-order chi connectivity index (χ1) is 10.6. The highest BCUT2D eigenvalue weighted by molar-refractivity contribution is 5.80. The SMILES string of the molecule is CCNC(=NCC1(O)CCOCC1)NC(C)c1ccccc1. The van der Waals surface area contributed by atoms with Crippen LogP contribution in [0.2, 0.25) is 0 Å². The van der Waals surface area contributed by atoms with Gasteiger partial charge < -0.3 is 20.5 Å². The summed E-state index contributed by atoms with van der Waals surface area (Å²) in [4.78, 5) is 4.56. The zero-order chi connectivity index (χ0) is 15.8. The molecular weight excluding hydrogens is 278 g/mol. The summed E-state index contributed by atoms with van der Waals surface area (Å²) >= 11 is 0. The maximum absolute atomic E-state index is 10.5. The van der Waals surface area contributed by atoms with Gasteiger partial charge in [-0.1, -0.05) is 30.3 Å². The number of ether oxygens (including phenoxy) is 1. The van der Waals surface area contributed by atoms with Gasteiger partial charge in [0.25, 0.3) is 0 Å². The normalized spacial score (nSPS) is 19.5. The molecule has 1 aliphatic rings. The van der Waals surface area contributed by atoms with Gasteiger partial charge in [-0.2, -0.15) is 0 Å². The van der Waals surface area contributed by atoms with Crippen LogP contribution >= 0.6 is 0 Å². The van der Waals surface area contributed by atoms with E-state index in [0.717, 1.165) is 12.5 Å². The molecule has 1 aromatic rings. The Morgan fingerprint density at radius 1 is 1.32 bits per heavy atom. The van der Waals surface area contributed by atoms with E-state index in [1.807, 2.05) is 25.1 Å². The molecule has 0 bridgehead atoms. The third-order valence-electron chi connectivity index (χ3n) is 3.95. The maximum Gasteiger partial charge on any atom is 0.191 e. The van der Waals surface area contributed by atoms with Gasteiger partial charge in [0, 0.05) is 32.6 Å². The van der Waals surface area contributed by atoms with Crippen molar-refractivity contribution >= 4 is 5.96 Å². The molecule has 1 aromatic carbocycles. The molecule has 1 fully saturated rings. The van der Waals surface area contributed by atoms with Gasteiger partial charge >= 0.3 is 0 Å². The molecule has 22 heavy (non-hydrogen) atoms. The van der Waals surface area contributed by atoms with Gasteiger partial charge in [0.15, 0.2) is 5.96 Å². The lowest BCUT2D eigenvalue weighted by atomic mass is 9.95. The number of aliphatic hydroxyl groups is 1.